The molecule has 2 N–H and O–H groups in total. The van der Waals surface area contributed by atoms with Crippen molar-refractivity contribution < 1.29 is 8.42 Å². The van der Waals surface area contributed by atoms with Crippen LogP contribution in [0.15, 0.2) is 23.1 Å². The maximum absolute atomic E-state index is 11.7. The molecular formula is C10H15ClN2O2S. The monoisotopic (exact) mass is 262 g/mol. The number of rotatable bonds is 2. The average Bonchev–Trinajstić information content (AvgIpc) is 2.28. The molecule has 2 rings (SSSR count). The van der Waals surface area contributed by atoms with Crippen LogP contribution in [0.2, 0.25) is 0 Å². The molecular weight excluding hydrogens is 248 g/mol. The number of hydrogen-bond acceptors (Lipinski definition) is 3. The van der Waals surface area contributed by atoms with Crippen LogP contribution in [0.25, 0.3) is 0 Å². The second-order valence-corrected chi connectivity index (χ2v) is 5.38. The Morgan fingerprint density at radius 1 is 1.38 bits per heavy atom. The number of fused-ring (bicyclic) bond motifs is 1. The van der Waals surface area contributed by atoms with Crippen molar-refractivity contribution in [3.05, 3.63) is 29.3 Å². The quantitative estimate of drug-likeness (QED) is 0.823. The van der Waals surface area contributed by atoms with Gasteiger partial charge in [-0.15, -0.1) is 12.4 Å². The third-order valence-electron chi connectivity index (χ3n) is 2.66. The number of halogens is 1. The zero-order chi connectivity index (χ0) is 10.9. The van der Waals surface area contributed by atoms with Gasteiger partial charge in [-0.1, -0.05) is 12.1 Å². The first-order chi connectivity index (χ1) is 7.15. The fraction of sp³-hybridized carbons (Fsp3) is 0.400. The molecule has 90 valence electrons. The standard InChI is InChI=1S/C10H14N2O2S.ClH/c1-11-15(13,14)10-4-2-3-8-7-12-6-5-9(8)10;/h2-4,11-12H,5-7H2,1H3;1H. The Morgan fingerprint density at radius 3 is 2.81 bits per heavy atom. The second kappa shape index (κ2) is 5.14. The van der Waals surface area contributed by atoms with Gasteiger partial charge < -0.3 is 5.32 Å². The maximum Gasteiger partial charge on any atom is 0.240 e. The van der Waals surface area contributed by atoms with Gasteiger partial charge >= 0.3 is 0 Å². The highest BCUT2D eigenvalue weighted by molar-refractivity contribution is 7.89. The molecule has 0 saturated carbocycles. The molecule has 0 bridgehead atoms. The Balaban J connectivity index is 0.00000128. The minimum Gasteiger partial charge on any atom is -0.312 e. The van der Waals surface area contributed by atoms with Crippen molar-refractivity contribution in [2.24, 2.45) is 0 Å². The van der Waals surface area contributed by atoms with E-state index in [0.717, 1.165) is 30.6 Å². The number of hydrogen-bond donors (Lipinski definition) is 2. The third-order valence-corrected chi connectivity index (χ3v) is 4.15. The van der Waals surface area contributed by atoms with Crippen LogP contribution in [0.1, 0.15) is 11.1 Å². The molecule has 0 spiro atoms. The molecule has 1 aliphatic rings. The minimum absolute atomic E-state index is 0. The van der Waals surface area contributed by atoms with Crippen molar-refractivity contribution in [2.45, 2.75) is 17.9 Å². The van der Waals surface area contributed by atoms with Gasteiger partial charge in [-0.2, -0.15) is 0 Å². The lowest BCUT2D eigenvalue weighted by Crippen LogP contribution is -2.27. The lowest BCUT2D eigenvalue weighted by molar-refractivity contribution is 0.582. The number of benzene rings is 1. The summed E-state index contributed by atoms with van der Waals surface area (Å²) in [6, 6.07) is 5.42. The van der Waals surface area contributed by atoms with Crippen molar-refractivity contribution >= 4 is 22.4 Å². The van der Waals surface area contributed by atoms with Crippen LogP contribution in [0, 0.1) is 0 Å². The Hall–Kier alpha value is -0.620. The first-order valence-electron chi connectivity index (χ1n) is 4.90. The van der Waals surface area contributed by atoms with Gasteiger partial charge in [-0.25, -0.2) is 13.1 Å². The predicted molar refractivity (Wildman–Crippen MR) is 65.3 cm³/mol. The molecule has 0 aliphatic carbocycles. The Morgan fingerprint density at radius 2 is 2.12 bits per heavy atom. The van der Waals surface area contributed by atoms with Crippen molar-refractivity contribution in [2.75, 3.05) is 13.6 Å². The summed E-state index contributed by atoms with van der Waals surface area (Å²) in [6.45, 7) is 1.59. The van der Waals surface area contributed by atoms with Gasteiger partial charge in [0, 0.05) is 6.54 Å². The van der Waals surface area contributed by atoms with Crippen molar-refractivity contribution in [1.82, 2.24) is 10.0 Å². The van der Waals surface area contributed by atoms with Gasteiger partial charge in [0.2, 0.25) is 10.0 Å². The van der Waals surface area contributed by atoms with Crippen molar-refractivity contribution in [3.63, 3.8) is 0 Å². The summed E-state index contributed by atoms with van der Waals surface area (Å²) in [5.74, 6) is 0. The van der Waals surface area contributed by atoms with E-state index in [2.05, 4.69) is 10.0 Å². The van der Waals surface area contributed by atoms with Gasteiger partial charge in [-0.05, 0) is 37.2 Å². The summed E-state index contributed by atoms with van der Waals surface area (Å²) in [5, 5.41) is 3.22. The second-order valence-electron chi connectivity index (χ2n) is 3.53. The van der Waals surface area contributed by atoms with E-state index in [9.17, 15) is 8.42 Å². The smallest absolute Gasteiger partial charge is 0.240 e. The minimum atomic E-state index is -3.32. The van der Waals surface area contributed by atoms with Crippen LogP contribution in [0.5, 0.6) is 0 Å². The topological polar surface area (TPSA) is 58.2 Å². The molecule has 0 fully saturated rings. The van der Waals surface area contributed by atoms with Crippen LogP contribution >= 0.6 is 12.4 Å². The van der Waals surface area contributed by atoms with E-state index < -0.39 is 10.0 Å². The summed E-state index contributed by atoms with van der Waals surface area (Å²) < 4.78 is 25.8. The largest absolute Gasteiger partial charge is 0.312 e. The molecule has 1 aliphatic heterocycles. The summed E-state index contributed by atoms with van der Waals surface area (Å²) in [6.07, 6.45) is 0.770. The zero-order valence-corrected chi connectivity index (χ0v) is 10.6. The van der Waals surface area contributed by atoms with Gasteiger partial charge in [0.1, 0.15) is 0 Å². The van der Waals surface area contributed by atoms with E-state index >= 15 is 0 Å². The van der Waals surface area contributed by atoms with Gasteiger partial charge in [-0.3, -0.25) is 0 Å². The Bertz CT molecular complexity index is 474. The Labute approximate surface area is 102 Å². The van der Waals surface area contributed by atoms with Crippen molar-refractivity contribution in [3.8, 4) is 0 Å². The lowest BCUT2D eigenvalue weighted by atomic mass is 10.0. The molecule has 0 unspecified atom stereocenters. The molecule has 0 radical (unpaired) electrons. The predicted octanol–water partition coefficient (Wildman–Crippen LogP) is 0.662. The molecule has 16 heavy (non-hydrogen) atoms. The van der Waals surface area contributed by atoms with E-state index in [1.54, 1.807) is 12.1 Å². The van der Waals surface area contributed by atoms with E-state index in [4.69, 9.17) is 0 Å². The van der Waals surface area contributed by atoms with Crippen molar-refractivity contribution in [1.29, 1.82) is 0 Å². The third kappa shape index (κ3) is 2.38. The number of nitrogens with one attached hydrogen (secondary N) is 2. The van der Waals surface area contributed by atoms with E-state index in [0.29, 0.717) is 4.90 Å². The normalized spacial score (nSPS) is 15.1. The summed E-state index contributed by atoms with van der Waals surface area (Å²) in [4.78, 5) is 0.420. The summed E-state index contributed by atoms with van der Waals surface area (Å²) in [5.41, 5.74) is 2.03. The highest BCUT2D eigenvalue weighted by Gasteiger charge is 2.20. The Kier molecular flexibility index (Phi) is 4.32. The fourth-order valence-corrected chi connectivity index (χ4v) is 2.89. The van der Waals surface area contributed by atoms with Gasteiger partial charge in [0.25, 0.3) is 0 Å². The lowest BCUT2D eigenvalue weighted by Gasteiger charge is -2.19. The van der Waals surface area contributed by atoms with Crippen LogP contribution in [-0.2, 0) is 23.0 Å². The van der Waals surface area contributed by atoms with E-state index in [-0.39, 0.29) is 12.4 Å². The number of sulfonamides is 1. The van der Waals surface area contributed by atoms with Gasteiger partial charge in [0.15, 0.2) is 0 Å². The fourth-order valence-electron chi connectivity index (χ4n) is 1.86. The van der Waals surface area contributed by atoms with Gasteiger partial charge in [0.05, 0.1) is 4.90 Å². The molecule has 1 aromatic rings. The van der Waals surface area contributed by atoms with Crippen LogP contribution in [0.4, 0.5) is 0 Å². The molecule has 0 saturated heterocycles. The molecule has 0 atom stereocenters. The van der Waals surface area contributed by atoms with Crippen LogP contribution in [0.3, 0.4) is 0 Å². The average molecular weight is 263 g/mol. The zero-order valence-electron chi connectivity index (χ0n) is 8.99. The first-order valence-corrected chi connectivity index (χ1v) is 6.38. The molecule has 6 heteroatoms. The highest BCUT2D eigenvalue weighted by Crippen LogP contribution is 2.22. The molecule has 0 amide bonds. The molecule has 4 nitrogen and oxygen atoms in total. The maximum atomic E-state index is 11.7. The van der Waals surface area contributed by atoms with Crippen LogP contribution < -0.4 is 10.0 Å². The summed E-state index contributed by atoms with van der Waals surface area (Å²) in [7, 11) is -1.88. The SMILES string of the molecule is CNS(=O)(=O)c1cccc2c1CCNC2.Cl. The first kappa shape index (κ1) is 13.4. The van der Waals surface area contributed by atoms with Crippen LogP contribution in [-0.4, -0.2) is 22.0 Å². The summed E-state index contributed by atoms with van der Waals surface area (Å²) >= 11 is 0. The molecule has 1 aromatic carbocycles. The molecule has 0 aromatic heterocycles. The highest BCUT2D eigenvalue weighted by atomic mass is 35.5. The molecule has 1 heterocycles. The van der Waals surface area contributed by atoms with E-state index in [1.807, 2.05) is 6.07 Å². The van der Waals surface area contributed by atoms with E-state index in [1.165, 1.54) is 7.05 Å².